The third-order valence-corrected chi connectivity index (χ3v) is 3.41. The van der Waals surface area contributed by atoms with E-state index in [1.807, 2.05) is 6.07 Å². The second kappa shape index (κ2) is 6.32. The van der Waals surface area contributed by atoms with Crippen molar-refractivity contribution in [3.8, 4) is 0 Å². The Bertz CT molecular complexity index is 448. The summed E-state index contributed by atoms with van der Waals surface area (Å²) in [5.41, 5.74) is 0.701. The van der Waals surface area contributed by atoms with Crippen molar-refractivity contribution >= 4 is 5.97 Å². The Balaban J connectivity index is 2.09. The van der Waals surface area contributed by atoms with Crippen LogP contribution in [0.5, 0.6) is 0 Å². The third-order valence-electron chi connectivity index (χ3n) is 3.41. The molecular formula is C14H18O6. The average Bonchev–Trinajstić information content (AvgIpc) is 2.76. The lowest BCUT2D eigenvalue weighted by Gasteiger charge is -2.20. The summed E-state index contributed by atoms with van der Waals surface area (Å²) in [5, 5.41) is 29.9. The molecule has 5 atom stereocenters. The fraction of sp³-hybridized carbons (Fsp3) is 0.500. The van der Waals surface area contributed by atoms with Gasteiger partial charge < -0.3 is 24.8 Å². The van der Waals surface area contributed by atoms with E-state index >= 15 is 0 Å². The molecule has 0 unspecified atom stereocenters. The molecule has 6 heteroatoms. The SMILES string of the molecule is COC(=O)C[C@@H](O)[C@@H]1O[C@H](c2ccccc2)[C@@H](O)[C@@H]1O. The molecule has 0 aromatic heterocycles. The van der Waals surface area contributed by atoms with Crippen LogP contribution in [0.4, 0.5) is 0 Å². The summed E-state index contributed by atoms with van der Waals surface area (Å²) in [7, 11) is 1.21. The molecule has 0 saturated carbocycles. The second-order valence-corrected chi connectivity index (χ2v) is 4.76. The van der Waals surface area contributed by atoms with Crippen molar-refractivity contribution in [3.05, 3.63) is 35.9 Å². The van der Waals surface area contributed by atoms with Gasteiger partial charge in [-0.3, -0.25) is 4.79 Å². The molecule has 6 nitrogen and oxygen atoms in total. The van der Waals surface area contributed by atoms with Gasteiger partial charge in [0.25, 0.3) is 0 Å². The highest BCUT2D eigenvalue weighted by atomic mass is 16.6. The summed E-state index contributed by atoms with van der Waals surface area (Å²) in [5.74, 6) is -0.606. The van der Waals surface area contributed by atoms with Crippen LogP contribution in [0.3, 0.4) is 0 Å². The largest absolute Gasteiger partial charge is 0.469 e. The van der Waals surface area contributed by atoms with Gasteiger partial charge in [-0.25, -0.2) is 0 Å². The first kappa shape index (κ1) is 14.9. The van der Waals surface area contributed by atoms with E-state index in [1.165, 1.54) is 7.11 Å². The molecule has 0 radical (unpaired) electrons. The molecule has 2 rings (SSSR count). The highest BCUT2D eigenvalue weighted by Gasteiger charge is 2.46. The number of esters is 1. The monoisotopic (exact) mass is 282 g/mol. The van der Waals surface area contributed by atoms with Gasteiger partial charge in [0.2, 0.25) is 0 Å². The summed E-state index contributed by atoms with van der Waals surface area (Å²) < 4.78 is 9.98. The summed E-state index contributed by atoms with van der Waals surface area (Å²) in [6.07, 6.45) is -5.72. The molecule has 1 aromatic rings. The first-order chi connectivity index (χ1) is 9.54. The molecule has 0 aliphatic carbocycles. The van der Waals surface area contributed by atoms with E-state index in [0.717, 1.165) is 0 Å². The number of carbonyl (C=O) groups is 1. The van der Waals surface area contributed by atoms with E-state index in [2.05, 4.69) is 4.74 Å². The highest BCUT2D eigenvalue weighted by molar-refractivity contribution is 5.69. The zero-order valence-electron chi connectivity index (χ0n) is 11.0. The van der Waals surface area contributed by atoms with Gasteiger partial charge in [0.05, 0.1) is 19.6 Å². The molecule has 110 valence electrons. The Kier molecular flexibility index (Phi) is 4.72. The molecule has 20 heavy (non-hydrogen) atoms. The first-order valence-corrected chi connectivity index (χ1v) is 6.36. The lowest BCUT2D eigenvalue weighted by molar-refractivity contribution is -0.146. The van der Waals surface area contributed by atoms with Crippen molar-refractivity contribution in [2.75, 3.05) is 7.11 Å². The number of methoxy groups -OCH3 is 1. The Morgan fingerprint density at radius 1 is 1.30 bits per heavy atom. The van der Waals surface area contributed by atoms with E-state index in [0.29, 0.717) is 5.56 Å². The van der Waals surface area contributed by atoms with Gasteiger partial charge in [0.15, 0.2) is 0 Å². The standard InChI is InChI=1S/C14H18O6/c1-19-10(16)7-9(15)14-12(18)11(17)13(20-14)8-5-3-2-4-6-8/h2-6,9,11-15,17-18H,7H2,1H3/t9-,11+,12+,13-,14+/m1/s1. The number of carbonyl (C=O) groups excluding carboxylic acids is 1. The number of benzene rings is 1. The minimum Gasteiger partial charge on any atom is -0.469 e. The molecule has 1 heterocycles. The number of hydrogen-bond donors (Lipinski definition) is 3. The third kappa shape index (κ3) is 2.99. The first-order valence-electron chi connectivity index (χ1n) is 6.36. The summed E-state index contributed by atoms with van der Waals surface area (Å²) >= 11 is 0. The van der Waals surface area contributed by atoms with Crippen LogP contribution in [0, 0.1) is 0 Å². The van der Waals surface area contributed by atoms with E-state index in [1.54, 1.807) is 24.3 Å². The molecule has 1 aliphatic heterocycles. The van der Waals surface area contributed by atoms with Gasteiger partial charge >= 0.3 is 5.97 Å². The maximum absolute atomic E-state index is 11.1. The van der Waals surface area contributed by atoms with Gasteiger partial charge in [-0.05, 0) is 5.56 Å². The van der Waals surface area contributed by atoms with Crippen molar-refractivity contribution in [2.45, 2.75) is 36.9 Å². The minimum atomic E-state index is -1.26. The van der Waals surface area contributed by atoms with Crippen LogP contribution in [0.25, 0.3) is 0 Å². The lowest BCUT2D eigenvalue weighted by atomic mass is 9.99. The van der Waals surface area contributed by atoms with Crippen molar-refractivity contribution in [3.63, 3.8) is 0 Å². The maximum atomic E-state index is 11.1. The van der Waals surface area contributed by atoms with Crippen LogP contribution >= 0.6 is 0 Å². The quantitative estimate of drug-likeness (QED) is 0.660. The number of aliphatic hydroxyl groups excluding tert-OH is 3. The van der Waals surface area contributed by atoms with E-state index in [-0.39, 0.29) is 6.42 Å². The number of hydrogen-bond acceptors (Lipinski definition) is 6. The van der Waals surface area contributed by atoms with Crippen LogP contribution in [-0.2, 0) is 14.3 Å². The molecular weight excluding hydrogens is 264 g/mol. The summed E-state index contributed by atoms with van der Waals surface area (Å²) in [4.78, 5) is 11.1. The van der Waals surface area contributed by atoms with Crippen LogP contribution < -0.4 is 0 Å². The topological polar surface area (TPSA) is 96.2 Å². The van der Waals surface area contributed by atoms with Crippen molar-refractivity contribution < 1.29 is 29.6 Å². The van der Waals surface area contributed by atoms with Crippen LogP contribution in [0.2, 0.25) is 0 Å². The molecule has 0 amide bonds. The molecule has 0 spiro atoms. The van der Waals surface area contributed by atoms with E-state index in [4.69, 9.17) is 4.74 Å². The zero-order chi connectivity index (χ0) is 14.7. The molecule has 3 N–H and O–H groups in total. The Morgan fingerprint density at radius 2 is 1.95 bits per heavy atom. The zero-order valence-corrected chi connectivity index (χ0v) is 11.0. The van der Waals surface area contributed by atoms with Crippen LogP contribution in [0.1, 0.15) is 18.1 Å². The Hall–Kier alpha value is -1.47. The van der Waals surface area contributed by atoms with Gasteiger partial charge in [-0.15, -0.1) is 0 Å². The van der Waals surface area contributed by atoms with Crippen molar-refractivity contribution in [1.82, 2.24) is 0 Å². The smallest absolute Gasteiger partial charge is 0.308 e. The van der Waals surface area contributed by atoms with E-state index < -0.39 is 36.5 Å². The van der Waals surface area contributed by atoms with Gasteiger partial charge in [-0.1, -0.05) is 30.3 Å². The molecule has 0 bridgehead atoms. The lowest BCUT2D eigenvalue weighted by Crippen LogP contribution is -2.39. The van der Waals surface area contributed by atoms with Gasteiger partial charge in [0.1, 0.15) is 24.4 Å². The van der Waals surface area contributed by atoms with Gasteiger partial charge in [0, 0.05) is 0 Å². The van der Waals surface area contributed by atoms with Crippen molar-refractivity contribution in [2.24, 2.45) is 0 Å². The minimum absolute atomic E-state index is 0.299. The van der Waals surface area contributed by atoms with Crippen LogP contribution in [-0.4, -0.2) is 52.8 Å². The van der Waals surface area contributed by atoms with Gasteiger partial charge in [-0.2, -0.15) is 0 Å². The van der Waals surface area contributed by atoms with E-state index in [9.17, 15) is 20.1 Å². The predicted octanol–water partition coefficient (Wildman–Crippen LogP) is -0.228. The predicted molar refractivity (Wildman–Crippen MR) is 68.7 cm³/mol. The number of aliphatic hydroxyl groups is 3. The Morgan fingerprint density at radius 3 is 2.55 bits per heavy atom. The second-order valence-electron chi connectivity index (χ2n) is 4.76. The normalized spacial score (nSPS) is 31.0. The molecule has 1 aliphatic rings. The molecule has 1 saturated heterocycles. The molecule has 1 fully saturated rings. The highest BCUT2D eigenvalue weighted by Crippen LogP contribution is 2.35. The van der Waals surface area contributed by atoms with Crippen LogP contribution in [0.15, 0.2) is 30.3 Å². The summed E-state index contributed by atoms with van der Waals surface area (Å²) in [6.45, 7) is 0. The average molecular weight is 282 g/mol. The summed E-state index contributed by atoms with van der Waals surface area (Å²) in [6, 6.07) is 8.92. The Labute approximate surface area is 116 Å². The fourth-order valence-corrected chi connectivity index (χ4v) is 2.31. The fourth-order valence-electron chi connectivity index (χ4n) is 2.31. The van der Waals surface area contributed by atoms with Crippen molar-refractivity contribution in [1.29, 1.82) is 0 Å². The number of rotatable bonds is 4. The number of ether oxygens (including phenoxy) is 2. The molecule has 1 aromatic carbocycles. The maximum Gasteiger partial charge on any atom is 0.308 e.